The van der Waals surface area contributed by atoms with Crippen molar-refractivity contribution >= 4 is 45.3 Å². The molecule has 0 aliphatic carbocycles. The summed E-state index contributed by atoms with van der Waals surface area (Å²) in [7, 11) is 0. The van der Waals surface area contributed by atoms with E-state index in [1.807, 2.05) is 74.0 Å². The largest absolute Gasteiger partial charge is 0.462 e. The van der Waals surface area contributed by atoms with E-state index in [1.165, 1.54) is 16.9 Å². The van der Waals surface area contributed by atoms with Crippen molar-refractivity contribution in [2.24, 2.45) is 0 Å². The highest BCUT2D eigenvalue weighted by molar-refractivity contribution is 7.80. The summed E-state index contributed by atoms with van der Waals surface area (Å²) in [6.45, 7) is 8.74. The van der Waals surface area contributed by atoms with Crippen molar-refractivity contribution in [3.8, 4) is 11.1 Å². The molecule has 0 saturated carbocycles. The van der Waals surface area contributed by atoms with Crippen LogP contribution in [0.2, 0.25) is 0 Å². The quantitative estimate of drug-likeness (QED) is 0.219. The van der Waals surface area contributed by atoms with Crippen molar-refractivity contribution in [2.75, 3.05) is 17.2 Å². The third kappa shape index (κ3) is 5.44. The minimum atomic E-state index is -0.371. The molecule has 6 nitrogen and oxygen atoms in total. The van der Waals surface area contributed by atoms with Gasteiger partial charge in [0.25, 0.3) is 0 Å². The van der Waals surface area contributed by atoms with E-state index in [4.69, 9.17) is 17.0 Å². The van der Waals surface area contributed by atoms with E-state index >= 15 is 0 Å². The molecule has 2 heterocycles. The molecule has 2 aromatic carbocycles. The number of benzene rings is 2. The second-order valence-electron chi connectivity index (χ2n) is 8.09. The number of carbonyl (C=O) groups is 1. The van der Waals surface area contributed by atoms with Crippen molar-refractivity contribution in [1.82, 2.24) is 9.78 Å². The third-order valence-electron chi connectivity index (χ3n) is 5.65. The number of anilines is 2. The van der Waals surface area contributed by atoms with E-state index in [0.717, 1.165) is 33.1 Å². The molecule has 180 valence electrons. The molecule has 0 bridgehead atoms. The van der Waals surface area contributed by atoms with Crippen LogP contribution in [0, 0.1) is 20.8 Å². The molecular weight excluding hydrogens is 476 g/mol. The lowest BCUT2D eigenvalue weighted by Crippen LogP contribution is -2.21. The van der Waals surface area contributed by atoms with Crippen LogP contribution in [-0.4, -0.2) is 27.5 Å². The van der Waals surface area contributed by atoms with Crippen LogP contribution < -0.4 is 10.6 Å². The molecule has 4 aromatic rings. The van der Waals surface area contributed by atoms with E-state index < -0.39 is 0 Å². The number of aryl methyl sites for hydroxylation is 2. The van der Waals surface area contributed by atoms with E-state index in [0.29, 0.717) is 28.8 Å². The van der Waals surface area contributed by atoms with Gasteiger partial charge < -0.3 is 15.4 Å². The Hall–Kier alpha value is -3.49. The molecule has 35 heavy (non-hydrogen) atoms. The molecule has 0 amide bonds. The maximum absolute atomic E-state index is 13.0. The minimum absolute atomic E-state index is 0.295. The zero-order valence-corrected chi connectivity index (χ0v) is 21.8. The molecule has 0 atom stereocenters. The fourth-order valence-corrected chi connectivity index (χ4v) is 5.36. The first-order chi connectivity index (χ1) is 16.9. The fourth-order valence-electron chi connectivity index (χ4n) is 4.02. The highest BCUT2D eigenvalue weighted by Crippen LogP contribution is 2.40. The van der Waals surface area contributed by atoms with Gasteiger partial charge in [-0.3, -0.25) is 4.68 Å². The van der Waals surface area contributed by atoms with Gasteiger partial charge in [-0.25, -0.2) is 4.79 Å². The Morgan fingerprint density at radius 3 is 2.34 bits per heavy atom. The number of esters is 1. The molecule has 2 aromatic heterocycles. The first-order valence-electron chi connectivity index (χ1n) is 11.4. The molecule has 0 spiro atoms. The summed E-state index contributed by atoms with van der Waals surface area (Å²) in [5.74, 6) is -0.371. The molecule has 0 aliphatic heterocycles. The maximum Gasteiger partial charge on any atom is 0.341 e. The summed E-state index contributed by atoms with van der Waals surface area (Å²) >= 11 is 7.14. The molecule has 0 radical (unpaired) electrons. The second-order valence-corrected chi connectivity index (χ2v) is 9.73. The topological polar surface area (TPSA) is 68.2 Å². The van der Waals surface area contributed by atoms with Gasteiger partial charge >= 0.3 is 5.97 Å². The second kappa shape index (κ2) is 10.8. The summed E-state index contributed by atoms with van der Waals surface area (Å²) in [6, 6.07) is 20.1. The van der Waals surface area contributed by atoms with Crippen molar-refractivity contribution in [1.29, 1.82) is 0 Å². The fraction of sp³-hybridized carbons (Fsp3) is 0.222. The number of ether oxygens (including phenoxy) is 1. The van der Waals surface area contributed by atoms with Gasteiger partial charge in [0.15, 0.2) is 5.11 Å². The normalized spacial score (nSPS) is 10.7. The molecule has 0 unspecified atom stereocenters. The Kier molecular flexibility index (Phi) is 7.63. The molecule has 0 aliphatic rings. The smallest absolute Gasteiger partial charge is 0.341 e. The standard InChI is InChI=1S/C27H28N4O2S2/c1-5-33-26(32)23-22(21-14-10-7-11-15-21)19(4)35-25(23)29-27(34)28-24-17(2)30-31(18(24)3)16-20-12-8-6-9-13-20/h6-15H,5,16H2,1-4H3,(H2,28,29,34). The number of rotatable bonds is 7. The lowest BCUT2D eigenvalue weighted by Gasteiger charge is -2.12. The highest BCUT2D eigenvalue weighted by atomic mass is 32.1. The maximum atomic E-state index is 13.0. The van der Waals surface area contributed by atoms with E-state index in [9.17, 15) is 4.79 Å². The lowest BCUT2D eigenvalue weighted by atomic mass is 10.0. The van der Waals surface area contributed by atoms with Crippen molar-refractivity contribution in [3.05, 3.63) is 88.1 Å². The Labute approximate surface area is 215 Å². The van der Waals surface area contributed by atoms with E-state index in [1.54, 1.807) is 6.92 Å². The summed E-state index contributed by atoms with van der Waals surface area (Å²) in [5, 5.41) is 12.3. The lowest BCUT2D eigenvalue weighted by molar-refractivity contribution is 0.0529. The summed E-state index contributed by atoms with van der Waals surface area (Å²) in [6.07, 6.45) is 0. The predicted molar refractivity (Wildman–Crippen MR) is 148 cm³/mol. The molecule has 4 rings (SSSR count). The van der Waals surface area contributed by atoms with Crippen molar-refractivity contribution < 1.29 is 9.53 Å². The van der Waals surface area contributed by atoms with Crippen LogP contribution in [0.4, 0.5) is 10.7 Å². The molecule has 0 saturated heterocycles. The van der Waals surface area contributed by atoms with Crippen LogP contribution in [-0.2, 0) is 11.3 Å². The Morgan fingerprint density at radius 1 is 1.03 bits per heavy atom. The summed E-state index contributed by atoms with van der Waals surface area (Å²) in [4.78, 5) is 14.0. The number of nitrogens with zero attached hydrogens (tertiary/aromatic N) is 2. The zero-order valence-electron chi connectivity index (χ0n) is 20.2. The number of thiocarbonyl (C=S) groups is 1. The molecular formula is C27H28N4O2S2. The zero-order chi connectivity index (χ0) is 24.9. The van der Waals surface area contributed by atoms with Crippen LogP contribution in [0.3, 0.4) is 0 Å². The average Bonchev–Trinajstić information content (AvgIpc) is 3.30. The predicted octanol–water partition coefficient (Wildman–Crippen LogP) is 6.57. The Balaban J connectivity index is 1.60. The van der Waals surface area contributed by atoms with Gasteiger partial charge in [-0.15, -0.1) is 11.3 Å². The van der Waals surface area contributed by atoms with Crippen LogP contribution in [0.5, 0.6) is 0 Å². The SMILES string of the molecule is CCOC(=O)c1c(NC(=S)Nc2c(C)nn(Cc3ccccc3)c2C)sc(C)c1-c1ccccc1. The first kappa shape index (κ1) is 24.6. The van der Waals surface area contributed by atoms with Gasteiger partial charge in [-0.05, 0) is 51.0 Å². The van der Waals surface area contributed by atoms with Gasteiger partial charge in [0.05, 0.1) is 30.2 Å². The van der Waals surface area contributed by atoms with Crippen LogP contribution in [0.25, 0.3) is 11.1 Å². The number of aromatic nitrogens is 2. The summed E-state index contributed by atoms with van der Waals surface area (Å²) in [5.41, 5.74) is 6.18. The number of carbonyl (C=O) groups excluding carboxylic acids is 1. The van der Waals surface area contributed by atoms with Gasteiger partial charge in [0.2, 0.25) is 0 Å². The van der Waals surface area contributed by atoms with Crippen LogP contribution in [0.15, 0.2) is 60.7 Å². The van der Waals surface area contributed by atoms with E-state index in [-0.39, 0.29) is 5.97 Å². The van der Waals surface area contributed by atoms with Gasteiger partial charge in [-0.2, -0.15) is 5.10 Å². The third-order valence-corrected chi connectivity index (χ3v) is 6.87. The van der Waals surface area contributed by atoms with E-state index in [2.05, 4.69) is 27.9 Å². The van der Waals surface area contributed by atoms with Crippen molar-refractivity contribution in [3.63, 3.8) is 0 Å². The highest BCUT2D eigenvalue weighted by Gasteiger charge is 2.25. The number of thiophene rings is 1. The van der Waals surface area contributed by atoms with Gasteiger partial charge in [0.1, 0.15) is 10.6 Å². The van der Waals surface area contributed by atoms with Crippen molar-refractivity contribution in [2.45, 2.75) is 34.2 Å². The van der Waals surface area contributed by atoms with Gasteiger partial charge in [0, 0.05) is 10.4 Å². The molecule has 0 fully saturated rings. The monoisotopic (exact) mass is 504 g/mol. The molecule has 2 N–H and O–H groups in total. The average molecular weight is 505 g/mol. The molecule has 8 heteroatoms. The summed E-state index contributed by atoms with van der Waals surface area (Å²) < 4.78 is 7.35. The Morgan fingerprint density at radius 2 is 1.69 bits per heavy atom. The Bertz CT molecular complexity index is 1340. The van der Waals surface area contributed by atoms with Gasteiger partial charge in [-0.1, -0.05) is 60.7 Å². The number of nitrogens with one attached hydrogen (secondary N) is 2. The first-order valence-corrected chi connectivity index (χ1v) is 12.6. The number of hydrogen-bond acceptors (Lipinski definition) is 5. The van der Waals surface area contributed by atoms with Crippen LogP contribution >= 0.6 is 23.6 Å². The van der Waals surface area contributed by atoms with Crippen LogP contribution in [0.1, 0.15) is 39.1 Å². The number of hydrogen-bond donors (Lipinski definition) is 2. The minimum Gasteiger partial charge on any atom is -0.462 e.